The second-order valence-electron chi connectivity index (χ2n) is 5.79. The van der Waals surface area contributed by atoms with Crippen LogP contribution < -0.4 is 0 Å². The monoisotopic (exact) mass is 298 g/mol. The Labute approximate surface area is 129 Å². The van der Waals surface area contributed by atoms with Gasteiger partial charge in [-0.1, -0.05) is 60.7 Å². The van der Waals surface area contributed by atoms with E-state index in [1.165, 1.54) is 0 Å². The number of halogens is 1. The third-order valence-corrected chi connectivity index (χ3v) is 4.52. The summed E-state index contributed by atoms with van der Waals surface area (Å²) in [6, 6.07) is 18.7. The fourth-order valence-electron chi connectivity index (χ4n) is 3.41. The molecule has 2 aromatic rings. The first-order valence-corrected chi connectivity index (χ1v) is 7.38. The van der Waals surface area contributed by atoms with Crippen molar-refractivity contribution in [1.29, 1.82) is 0 Å². The third-order valence-electron chi connectivity index (χ3n) is 4.52. The zero-order chi connectivity index (χ0) is 15.7. The highest BCUT2D eigenvalue weighted by atomic mass is 19.1. The van der Waals surface area contributed by atoms with E-state index in [0.717, 1.165) is 16.7 Å². The molecule has 0 aliphatic heterocycles. The van der Waals surface area contributed by atoms with Crippen LogP contribution >= 0.6 is 0 Å². The first-order valence-electron chi connectivity index (χ1n) is 7.38. The largest absolute Gasteiger partial charge is 0.393 e. The molecule has 0 aromatic heterocycles. The molecule has 0 saturated carbocycles. The highest BCUT2D eigenvalue weighted by Gasteiger charge is 2.54. The zero-order valence-corrected chi connectivity index (χ0v) is 12.4. The molecule has 0 spiro atoms. The van der Waals surface area contributed by atoms with Crippen LogP contribution in [0.5, 0.6) is 0 Å². The molecule has 2 aromatic carbocycles. The van der Waals surface area contributed by atoms with Crippen molar-refractivity contribution in [2.24, 2.45) is 0 Å². The van der Waals surface area contributed by atoms with Gasteiger partial charge in [-0.15, -0.1) is 0 Å². The minimum Gasteiger partial charge on any atom is -0.393 e. The van der Waals surface area contributed by atoms with Gasteiger partial charge >= 0.3 is 0 Å². The smallest absolute Gasteiger partial charge is 0.174 e. The van der Waals surface area contributed by atoms with Gasteiger partial charge in [0.25, 0.3) is 0 Å². The minimum absolute atomic E-state index is 0.580. The predicted octanol–water partition coefficient (Wildman–Crippen LogP) is 3.32. The van der Waals surface area contributed by atoms with Crippen molar-refractivity contribution >= 4 is 5.57 Å². The van der Waals surface area contributed by atoms with E-state index in [1.807, 2.05) is 60.7 Å². The third kappa shape index (κ3) is 2.18. The van der Waals surface area contributed by atoms with Gasteiger partial charge in [-0.3, -0.25) is 0 Å². The SMILES string of the molecule is CC1=C(c2ccccc2)[C@H](c2ccccc2)[C@](F)(CO)[C@@H]1O. The number of aliphatic hydroxyl groups excluding tert-OH is 2. The maximum absolute atomic E-state index is 15.4. The van der Waals surface area contributed by atoms with E-state index >= 15 is 4.39 Å². The Balaban J connectivity index is 2.20. The van der Waals surface area contributed by atoms with Crippen molar-refractivity contribution in [3.63, 3.8) is 0 Å². The topological polar surface area (TPSA) is 40.5 Å². The van der Waals surface area contributed by atoms with Gasteiger partial charge in [-0.05, 0) is 29.2 Å². The maximum atomic E-state index is 15.4. The molecule has 0 amide bonds. The number of allylic oxidation sites excluding steroid dienone is 1. The first-order chi connectivity index (χ1) is 10.6. The van der Waals surface area contributed by atoms with Gasteiger partial charge in [-0.2, -0.15) is 0 Å². The number of hydrogen-bond donors (Lipinski definition) is 2. The lowest BCUT2D eigenvalue weighted by Crippen LogP contribution is -2.43. The molecule has 1 aliphatic rings. The molecule has 22 heavy (non-hydrogen) atoms. The molecule has 0 bridgehead atoms. The summed E-state index contributed by atoms with van der Waals surface area (Å²) in [5.41, 5.74) is 0.874. The molecule has 0 heterocycles. The van der Waals surface area contributed by atoms with Gasteiger partial charge in [0.15, 0.2) is 5.67 Å². The lowest BCUT2D eigenvalue weighted by molar-refractivity contribution is -0.0248. The van der Waals surface area contributed by atoms with Crippen LogP contribution in [-0.2, 0) is 0 Å². The van der Waals surface area contributed by atoms with Crippen molar-refractivity contribution in [2.75, 3.05) is 6.61 Å². The van der Waals surface area contributed by atoms with Crippen LogP contribution in [0.2, 0.25) is 0 Å². The molecule has 0 saturated heterocycles. The van der Waals surface area contributed by atoms with Gasteiger partial charge in [0, 0.05) is 5.92 Å². The van der Waals surface area contributed by atoms with E-state index in [4.69, 9.17) is 0 Å². The number of aliphatic hydroxyl groups is 2. The summed E-state index contributed by atoms with van der Waals surface area (Å²) < 4.78 is 15.4. The highest BCUT2D eigenvalue weighted by Crippen LogP contribution is 2.52. The number of alkyl halides is 1. The molecule has 0 radical (unpaired) electrons. The van der Waals surface area contributed by atoms with Crippen molar-refractivity contribution in [1.82, 2.24) is 0 Å². The summed E-state index contributed by atoms with van der Waals surface area (Å²) in [4.78, 5) is 0. The van der Waals surface area contributed by atoms with E-state index in [9.17, 15) is 10.2 Å². The lowest BCUT2D eigenvalue weighted by Gasteiger charge is -2.30. The van der Waals surface area contributed by atoms with E-state index in [0.29, 0.717) is 5.57 Å². The summed E-state index contributed by atoms with van der Waals surface area (Å²) >= 11 is 0. The summed E-state index contributed by atoms with van der Waals surface area (Å²) in [6.07, 6.45) is -1.31. The average Bonchev–Trinajstić information content (AvgIpc) is 2.78. The Morgan fingerprint density at radius 3 is 2.09 bits per heavy atom. The quantitative estimate of drug-likeness (QED) is 0.912. The van der Waals surface area contributed by atoms with Crippen molar-refractivity contribution < 1.29 is 14.6 Å². The highest BCUT2D eigenvalue weighted by molar-refractivity contribution is 5.79. The van der Waals surface area contributed by atoms with Crippen molar-refractivity contribution in [3.8, 4) is 0 Å². The molecule has 0 unspecified atom stereocenters. The second kappa shape index (κ2) is 5.67. The van der Waals surface area contributed by atoms with Crippen LogP contribution in [0.25, 0.3) is 5.57 Å². The molecule has 2 N–H and O–H groups in total. The fraction of sp³-hybridized carbons (Fsp3) is 0.263. The molecule has 3 heteroatoms. The minimum atomic E-state index is -2.10. The Morgan fingerprint density at radius 1 is 1.00 bits per heavy atom. The normalized spacial score (nSPS) is 28.2. The van der Waals surface area contributed by atoms with Crippen LogP contribution in [0.1, 0.15) is 24.0 Å². The Morgan fingerprint density at radius 2 is 1.55 bits per heavy atom. The second-order valence-corrected chi connectivity index (χ2v) is 5.79. The summed E-state index contributed by atoms with van der Waals surface area (Å²) in [6.45, 7) is 1.02. The number of hydrogen-bond acceptors (Lipinski definition) is 2. The molecular formula is C19H19FO2. The summed E-state index contributed by atoms with van der Waals surface area (Å²) in [5.74, 6) is -0.684. The summed E-state index contributed by atoms with van der Waals surface area (Å²) in [7, 11) is 0. The maximum Gasteiger partial charge on any atom is 0.174 e. The Kier molecular flexibility index (Phi) is 3.85. The molecule has 114 valence electrons. The van der Waals surface area contributed by atoms with Crippen LogP contribution in [0.4, 0.5) is 4.39 Å². The van der Waals surface area contributed by atoms with E-state index in [1.54, 1.807) is 6.92 Å². The Hall–Kier alpha value is -1.97. The van der Waals surface area contributed by atoms with Crippen LogP contribution in [0, 0.1) is 0 Å². The molecule has 0 fully saturated rings. The molecule has 1 aliphatic carbocycles. The number of benzene rings is 2. The lowest BCUT2D eigenvalue weighted by atomic mass is 9.80. The standard InChI is InChI=1S/C19H19FO2/c1-13-16(14-8-4-2-5-9-14)17(15-10-6-3-7-11-15)19(20,12-21)18(13)22/h2-11,17-18,21-22H,12H2,1H3/t17-,18+,19+/m0/s1. The van der Waals surface area contributed by atoms with Gasteiger partial charge in [0.2, 0.25) is 0 Å². The van der Waals surface area contributed by atoms with Crippen molar-refractivity contribution in [3.05, 3.63) is 77.4 Å². The molecule has 3 rings (SSSR count). The number of rotatable bonds is 3. The van der Waals surface area contributed by atoms with Crippen molar-refractivity contribution in [2.45, 2.75) is 24.6 Å². The van der Waals surface area contributed by atoms with E-state index < -0.39 is 24.3 Å². The van der Waals surface area contributed by atoms with Gasteiger partial charge in [0.1, 0.15) is 6.10 Å². The van der Waals surface area contributed by atoms with Gasteiger partial charge in [0.05, 0.1) is 6.61 Å². The van der Waals surface area contributed by atoms with Gasteiger partial charge in [-0.25, -0.2) is 4.39 Å². The zero-order valence-electron chi connectivity index (χ0n) is 12.4. The van der Waals surface area contributed by atoms with Crippen LogP contribution in [0.3, 0.4) is 0 Å². The van der Waals surface area contributed by atoms with Gasteiger partial charge < -0.3 is 10.2 Å². The summed E-state index contributed by atoms with van der Waals surface area (Å²) in [5, 5.41) is 20.0. The molecule has 2 nitrogen and oxygen atoms in total. The van der Waals surface area contributed by atoms with Crippen LogP contribution in [0.15, 0.2) is 66.2 Å². The molecule has 3 atom stereocenters. The predicted molar refractivity (Wildman–Crippen MR) is 85.2 cm³/mol. The fourth-order valence-corrected chi connectivity index (χ4v) is 3.41. The van der Waals surface area contributed by atoms with E-state index in [-0.39, 0.29) is 0 Å². The average molecular weight is 298 g/mol. The Bertz CT molecular complexity index is 681. The first kappa shape index (κ1) is 14.9. The van der Waals surface area contributed by atoms with Crippen LogP contribution in [-0.4, -0.2) is 28.6 Å². The van der Waals surface area contributed by atoms with E-state index in [2.05, 4.69) is 0 Å². The molecular weight excluding hydrogens is 279 g/mol.